The maximum atomic E-state index is 14.1. The molecule has 0 aromatic heterocycles. The van der Waals surface area contributed by atoms with Gasteiger partial charge >= 0.3 is 0 Å². The highest BCUT2D eigenvalue weighted by atomic mass is 32.2. The first-order valence-corrected chi connectivity index (χ1v) is 11.2. The number of carbonyl (C=O) groups is 1. The maximum Gasteiger partial charge on any atom is 0.244 e. The second kappa shape index (κ2) is 8.68. The fourth-order valence-electron chi connectivity index (χ4n) is 3.67. The van der Waals surface area contributed by atoms with Crippen LogP contribution in [0.3, 0.4) is 0 Å². The molecule has 0 spiro atoms. The first-order chi connectivity index (χ1) is 15.3. The molecule has 0 saturated carbocycles. The molecular formula is C23H20F2N2O4S. The van der Waals surface area contributed by atoms with Gasteiger partial charge in [0.2, 0.25) is 15.9 Å². The Morgan fingerprint density at radius 1 is 1.03 bits per heavy atom. The van der Waals surface area contributed by atoms with Gasteiger partial charge in [-0.2, -0.15) is 4.31 Å². The van der Waals surface area contributed by atoms with E-state index in [9.17, 15) is 22.0 Å². The zero-order valence-electron chi connectivity index (χ0n) is 17.1. The Balaban J connectivity index is 1.71. The Morgan fingerprint density at radius 2 is 1.72 bits per heavy atom. The van der Waals surface area contributed by atoms with Crippen molar-refractivity contribution in [2.75, 3.05) is 12.4 Å². The molecule has 3 aromatic rings. The molecular weight excluding hydrogens is 438 g/mol. The molecule has 6 nitrogen and oxygen atoms in total. The molecule has 0 saturated heterocycles. The molecule has 1 atom stereocenters. The second-order valence-corrected chi connectivity index (χ2v) is 9.22. The molecule has 0 aliphatic carbocycles. The lowest BCUT2D eigenvalue weighted by Gasteiger charge is -2.35. The van der Waals surface area contributed by atoms with Crippen LogP contribution in [0.5, 0.6) is 5.75 Å². The number of carbonyl (C=O) groups excluding carboxylic acids is 1. The number of ether oxygens (including phenoxy) is 1. The molecule has 1 aliphatic rings. The number of nitrogens with zero attached hydrogens (tertiary/aromatic N) is 1. The summed E-state index contributed by atoms with van der Waals surface area (Å²) in [5.41, 5.74) is 1.38. The van der Waals surface area contributed by atoms with Crippen LogP contribution in [-0.4, -0.2) is 31.8 Å². The van der Waals surface area contributed by atoms with Crippen molar-refractivity contribution < 1.29 is 26.7 Å². The Labute approximate surface area is 184 Å². The summed E-state index contributed by atoms with van der Waals surface area (Å²) >= 11 is 0. The van der Waals surface area contributed by atoms with Crippen LogP contribution in [0, 0.1) is 11.6 Å². The molecule has 3 aromatic carbocycles. The average Bonchev–Trinajstić information content (AvgIpc) is 2.80. The van der Waals surface area contributed by atoms with Crippen molar-refractivity contribution in [2.24, 2.45) is 0 Å². The normalized spacial score (nSPS) is 16.3. The van der Waals surface area contributed by atoms with Gasteiger partial charge in [-0.1, -0.05) is 24.3 Å². The average molecular weight is 458 g/mol. The van der Waals surface area contributed by atoms with Gasteiger partial charge < -0.3 is 10.1 Å². The van der Waals surface area contributed by atoms with Gasteiger partial charge in [-0.3, -0.25) is 4.79 Å². The molecule has 32 heavy (non-hydrogen) atoms. The monoisotopic (exact) mass is 458 g/mol. The smallest absolute Gasteiger partial charge is 0.244 e. The summed E-state index contributed by atoms with van der Waals surface area (Å²) in [6.45, 7) is -0.0193. The maximum absolute atomic E-state index is 14.1. The summed E-state index contributed by atoms with van der Waals surface area (Å²) in [5, 5.41) is 2.40. The summed E-state index contributed by atoms with van der Waals surface area (Å²) < 4.78 is 60.4. The number of hydrogen-bond donors (Lipinski definition) is 1. The first kappa shape index (κ1) is 21.9. The minimum atomic E-state index is -4.07. The largest absolute Gasteiger partial charge is 0.497 e. The van der Waals surface area contributed by atoms with E-state index in [0.717, 1.165) is 27.6 Å². The number of rotatable bonds is 5. The van der Waals surface area contributed by atoms with E-state index in [4.69, 9.17) is 4.74 Å². The fraction of sp³-hybridized carbons (Fsp3) is 0.174. The molecule has 0 bridgehead atoms. The predicted octanol–water partition coefficient (Wildman–Crippen LogP) is 3.73. The lowest BCUT2D eigenvalue weighted by Crippen LogP contribution is -2.50. The molecule has 0 fully saturated rings. The van der Waals surface area contributed by atoms with Crippen molar-refractivity contribution in [1.82, 2.24) is 4.31 Å². The van der Waals surface area contributed by atoms with Crippen LogP contribution in [0.25, 0.3) is 0 Å². The molecule has 0 unspecified atom stereocenters. The van der Waals surface area contributed by atoms with E-state index in [2.05, 4.69) is 5.32 Å². The Bertz CT molecular complexity index is 1260. The van der Waals surface area contributed by atoms with E-state index >= 15 is 0 Å². The minimum absolute atomic E-state index is 0.00319. The van der Waals surface area contributed by atoms with Crippen LogP contribution in [-0.2, 0) is 27.8 Å². The van der Waals surface area contributed by atoms with Gasteiger partial charge in [0, 0.05) is 12.6 Å². The fourth-order valence-corrected chi connectivity index (χ4v) is 5.23. The highest BCUT2D eigenvalue weighted by Gasteiger charge is 2.39. The van der Waals surface area contributed by atoms with E-state index in [1.807, 2.05) is 6.07 Å². The predicted molar refractivity (Wildman–Crippen MR) is 115 cm³/mol. The molecule has 0 radical (unpaired) electrons. The number of hydrogen-bond acceptors (Lipinski definition) is 4. The minimum Gasteiger partial charge on any atom is -0.497 e. The summed E-state index contributed by atoms with van der Waals surface area (Å²) in [6, 6.07) is 14.7. The quantitative estimate of drug-likeness (QED) is 0.632. The van der Waals surface area contributed by atoms with Crippen molar-refractivity contribution in [3.63, 3.8) is 0 Å². The Kier molecular flexibility index (Phi) is 5.94. The van der Waals surface area contributed by atoms with Gasteiger partial charge in [0.25, 0.3) is 0 Å². The Morgan fingerprint density at radius 3 is 2.38 bits per heavy atom. The first-order valence-electron chi connectivity index (χ1n) is 9.78. The van der Waals surface area contributed by atoms with Gasteiger partial charge in [-0.25, -0.2) is 17.2 Å². The van der Waals surface area contributed by atoms with Crippen molar-refractivity contribution in [3.8, 4) is 5.75 Å². The summed E-state index contributed by atoms with van der Waals surface area (Å²) in [6.07, 6.45) is 0.111. The van der Waals surface area contributed by atoms with Gasteiger partial charge in [-0.05, 0) is 53.9 Å². The van der Waals surface area contributed by atoms with Crippen LogP contribution in [0.2, 0.25) is 0 Å². The highest BCUT2D eigenvalue weighted by Crippen LogP contribution is 2.30. The standard InChI is InChI=1S/C23H20F2N2O4S/c1-31-18-7-9-19(10-8-18)32(29,30)27-14-16-5-3-2-4-15(16)12-22(27)23(28)26-21-11-6-17(24)13-20(21)25/h2-11,13,22H,12,14H2,1H3,(H,26,28)/t22-/m1/s1. The third-order valence-electron chi connectivity index (χ3n) is 5.36. The molecule has 4 rings (SSSR count). The zero-order valence-corrected chi connectivity index (χ0v) is 17.9. The molecule has 1 amide bonds. The van der Waals surface area contributed by atoms with Gasteiger partial charge in [-0.15, -0.1) is 0 Å². The van der Waals surface area contributed by atoms with Gasteiger partial charge in [0.1, 0.15) is 23.4 Å². The zero-order chi connectivity index (χ0) is 22.9. The van der Waals surface area contributed by atoms with Crippen molar-refractivity contribution >= 4 is 21.6 Å². The summed E-state index contributed by atoms with van der Waals surface area (Å²) in [7, 11) is -2.60. The number of methoxy groups -OCH3 is 1. The molecule has 1 N–H and O–H groups in total. The number of fused-ring (bicyclic) bond motifs is 1. The number of sulfonamides is 1. The number of amides is 1. The Hall–Kier alpha value is -3.30. The number of nitrogens with one attached hydrogen (secondary N) is 1. The van der Waals surface area contributed by atoms with Crippen LogP contribution < -0.4 is 10.1 Å². The summed E-state index contributed by atoms with van der Waals surface area (Å²) in [4.78, 5) is 13.1. The topological polar surface area (TPSA) is 75.7 Å². The van der Waals surface area contributed by atoms with Gasteiger partial charge in [0.15, 0.2) is 0 Å². The van der Waals surface area contributed by atoms with E-state index in [0.29, 0.717) is 11.8 Å². The molecule has 9 heteroatoms. The van der Waals surface area contributed by atoms with Crippen molar-refractivity contribution in [2.45, 2.75) is 23.9 Å². The molecule has 1 heterocycles. The van der Waals surface area contributed by atoms with Crippen LogP contribution >= 0.6 is 0 Å². The lowest BCUT2D eigenvalue weighted by atomic mass is 9.95. The van der Waals surface area contributed by atoms with Crippen LogP contribution in [0.4, 0.5) is 14.5 Å². The number of anilines is 1. The van der Waals surface area contributed by atoms with E-state index < -0.39 is 33.6 Å². The molecule has 1 aliphatic heterocycles. The third kappa shape index (κ3) is 4.21. The van der Waals surface area contributed by atoms with E-state index in [1.54, 1.807) is 18.2 Å². The van der Waals surface area contributed by atoms with E-state index in [-0.39, 0.29) is 23.5 Å². The summed E-state index contributed by atoms with van der Waals surface area (Å²) in [5.74, 6) is -1.94. The second-order valence-electron chi connectivity index (χ2n) is 7.33. The number of benzene rings is 3. The van der Waals surface area contributed by atoms with Crippen LogP contribution in [0.15, 0.2) is 71.6 Å². The van der Waals surface area contributed by atoms with E-state index in [1.165, 1.54) is 31.4 Å². The van der Waals surface area contributed by atoms with Gasteiger partial charge in [0.05, 0.1) is 17.7 Å². The third-order valence-corrected chi connectivity index (χ3v) is 7.23. The van der Waals surface area contributed by atoms with Crippen LogP contribution in [0.1, 0.15) is 11.1 Å². The van der Waals surface area contributed by atoms with Crippen molar-refractivity contribution in [3.05, 3.63) is 89.5 Å². The lowest BCUT2D eigenvalue weighted by molar-refractivity contribution is -0.120. The SMILES string of the molecule is COc1ccc(S(=O)(=O)N2Cc3ccccc3C[C@@H]2C(=O)Nc2ccc(F)cc2F)cc1. The highest BCUT2D eigenvalue weighted by molar-refractivity contribution is 7.89. The molecule has 166 valence electrons. The van der Waals surface area contributed by atoms with Crippen molar-refractivity contribution in [1.29, 1.82) is 0 Å². The number of halogens is 2.